The molecule has 1 aliphatic rings. The first-order valence-electron chi connectivity index (χ1n) is 7.27. The highest BCUT2D eigenvalue weighted by Crippen LogP contribution is 2.52. The molecule has 0 aromatic heterocycles. The Morgan fingerprint density at radius 2 is 1.75 bits per heavy atom. The van der Waals surface area contributed by atoms with Gasteiger partial charge in [-0.3, -0.25) is 0 Å². The Hall–Kier alpha value is -1.67. The summed E-state index contributed by atoms with van der Waals surface area (Å²) in [5.74, 6) is 1.65. The van der Waals surface area contributed by atoms with Gasteiger partial charge in [0.15, 0.2) is 0 Å². The van der Waals surface area contributed by atoms with Gasteiger partial charge in [-0.2, -0.15) is 0 Å². The molecule has 3 rings (SSSR count). The summed E-state index contributed by atoms with van der Waals surface area (Å²) in [6.45, 7) is 0.700. The molecule has 2 N–H and O–H groups in total. The van der Waals surface area contributed by atoms with Crippen LogP contribution in [0.5, 0.6) is 0 Å². The maximum absolute atomic E-state index is 12.9. The van der Waals surface area contributed by atoms with E-state index in [0.29, 0.717) is 24.3 Å². The largest absolute Gasteiger partial charge is 0.330 e. The van der Waals surface area contributed by atoms with Crippen molar-refractivity contribution in [1.29, 1.82) is 0 Å². The molecule has 2 aromatic rings. The van der Waals surface area contributed by atoms with E-state index >= 15 is 0 Å². The summed E-state index contributed by atoms with van der Waals surface area (Å²) < 4.78 is 12.9. The van der Waals surface area contributed by atoms with Crippen LogP contribution in [0.3, 0.4) is 0 Å². The van der Waals surface area contributed by atoms with Crippen LogP contribution in [0.1, 0.15) is 23.5 Å². The summed E-state index contributed by atoms with van der Waals surface area (Å²) in [4.78, 5) is 0. The minimum absolute atomic E-state index is 0.174. The van der Waals surface area contributed by atoms with Gasteiger partial charge in [0.2, 0.25) is 0 Å². The van der Waals surface area contributed by atoms with Crippen LogP contribution >= 0.6 is 0 Å². The lowest BCUT2D eigenvalue weighted by Crippen LogP contribution is -2.19. The molecule has 0 bridgehead atoms. The molecule has 0 radical (unpaired) electrons. The van der Waals surface area contributed by atoms with E-state index in [1.54, 1.807) is 0 Å². The van der Waals surface area contributed by atoms with Gasteiger partial charge in [0, 0.05) is 0 Å². The summed E-state index contributed by atoms with van der Waals surface area (Å²) in [5, 5.41) is 0. The number of rotatable bonds is 5. The van der Waals surface area contributed by atoms with Crippen LogP contribution in [0.4, 0.5) is 4.39 Å². The Morgan fingerprint density at radius 3 is 2.40 bits per heavy atom. The Kier molecular flexibility index (Phi) is 3.83. The molecule has 0 spiro atoms. The minimum Gasteiger partial charge on any atom is -0.330 e. The van der Waals surface area contributed by atoms with E-state index in [9.17, 15) is 4.39 Å². The normalized spacial score (nSPS) is 22.5. The highest BCUT2D eigenvalue weighted by atomic mass is 19.1. The zero-order chi connectivity index (χ0) is 13.9. The second-order valence-corrected chi connectivity index (χ2v) is 5.74. The third-order valence-corrected chi connectivity index (χ3v) is 4.39. The van der Waals surface area contributed by atoms with Gasteiger partial charge in [-0.1, -0.05) is 42.5 Å². The predicted molar refractivity (Wildman–Crippen MR) is 79.9 cm³/mol. The molecule has 104 valence electrons. The monoisotopic (exact) mass is 269 g/mol. The van der Waals surface area contributed by atoms with Crippen LogP contribution in [0.25, 0.3) is 0 Å². The van der Waals surface area contributed by atoms with Crippen molar-refractivity contribution in [2.45, 2.75) is 18.8 Å². The average molecular weight is 269 g/mol. The van der Waals surface area contributed by atoms with E-state index in [2.05, 4.69) is 30.3 Å². The van der Waals surface area contributed by atoms with Crippen molar-refractivity contribution < 1.29 is 4.39 Å². The fourth-order valence-corrected chi connectivity index (χ4v) is 3.15. The van der Waals surface area contributed by atoms with Gasteiger partial charge in [-0.15, -0.1) is 0 Å². The summed E-state index contributed by atoms with van der Waals surface area (Å²) in [7, 11) is 0. The summed E-state index contributed by atoms with van der Waals surface area (Å²) in [6.07, 6.45) is 2.18. The van der Waals surface area contributed by atoms with Crippen LogP contribution in [0.2, 0.25) is 0 Å². The molecule has 0 amide bonds. The number of benzene rings is 2. The molecule has 3 atom stereocenters. The van der Waals surface area contributed by atoms with Gasteiger partial charge >= 0.3 is 0 Å². The maximum atomic E-state index is 12.9. The SMILES string of the molecule is NCC(Cc1ccc(F)cc1)C1CC1c1ccccc1. The van der Waals surface area contributed by atoms with Crippen molar-refractivity contribution in [3.8, 4) is 0 Å². The van der Waals surface area contributed by atoms with Crippen molar-refractivity contribution >= 4 is 0 Å². The Labute approximate surface area is 119 Å². The number of nitrogens with two attached hydrogens (primary N) is 1. The van der Waals surface area contributed by atoms with Crippen molar-refractivity contribution in [2.24, 2.45) is 17.6 Å². The second-order valence-electron chi connectivity index (χ2n) is 5.74. The molecule has 1 saturated carbocycles. The summed E-state index contributed by atoms with van der Waals surface area (Å²) in [6, 6.07) is 17.5. The van der Waals surface area contributed by atoms with E-state index in [-0.39, 0.29) is 5.82 Å². The minimum atomic E-state index is -0.174. The van der Waals surface area contributed by atoms with Crippen LogP contribution < -0.4 is 5.73 Å². The van der Waals surface area contributed by atoms with E-state index in [4.69, 9.17) is 5.73 Å². The number of hydrogen-bond acceptors (Lipinski definition) is 1. The fraction of sp³-hybridized carbons (Fsp3) is 0.333. The molecule has 2 heteroatoms. The van der Waals surface area contributed by atoms with E-state index in [1.807, 2.05) is 12.1 Å². The van der Waals surface area contributed by atoms with Gasteiger partial charge in [-0.25, -0.2) is 4.39 Å². The van der Waals surface area contributed by atoms with E-state index in [0.717, 1.165) is 6.42 Å². The third-order valence-electron chi connectivity index (χ3n) is 4.39. The molecular weight excluding hydrogens is 249 g/mol. The first-order chi connectivity index (χ1) is 9.78. The quantitative estimate of drug-likeness (QED) is 0.879. The first kappa shape index (κ1) is 13.3. The second kappa shape index (κ2) is 5.76. The highest BCUT2D eigenvalue weighted by Gasteiger charge is 2.42. The maximum Gasteiger partial charge on any atom is 0.123 e. The summed E-state index contributed by atoms with van der Waals surface area (Å²) >= 11 is 0. The molecule has 0 aliphatic heterocycles. The van der Waals surface area contributed by atoms with Gasteiger partial charge in [-0.05, 0) is 60.4 Å². The highest BCUT2D eigenvalue weighted by molar-refractivity contribution is 5.27. The molecule has 1 fully saturated rings. The molecular formula is C18H20FN. The lowest BCUT2D eigenvalue weighted by atomic mass is 9.92. The molecule has 0 heterocycles. The third kappa shape index (κ3) is 2.91. The lowest BCUT2D eigenvalue weighted by molar-refractivity contribution is 0.461. The van der Waals surface area contributed by atoms with Crippen LogP contribution in [0.15, 0.2) is 54.6 Å². The Morgan fingerprint density at radius 1 is 1.05 bits per heavy atom. The first-order valence-corrected chi connectivity index (χ1v) is 7.27. The average Bonchev–Trinajstić information content (AvgIpc) is 3.28. The molecule has 20 heavy (non-hydrogen) atoms. The zero-order valence-electron chi connectivity index (χ0n) is 11.5. The Bertz CT molecular complexity index is 549. The van der Waals surface area contributed by atoms with Crippen molar-refractivity contribution in [3.05, 3.63) is 71.5 Å². The number of hydrogen-bond donors (Lipinski definition) is 1. The van der Waals surface area contributed by atoms with Gasteiger partial charge in [0.25, 0.3) is 0 Å². The predicted octanol–water partition coefficient (Wildman–Crippen LogP) is 3.75. The molecule has 3 unspecified atom stereocenters. The van der Waals surface area contributed by atoms with E-state index in [1.165, 1.54) is 29.7 Å². The zero-order valence-corrected chi connectivity index (χ0v) is 11.5. The topological polar surface area (TPSA) is 26.0 Å². The molecule has 1 aliphatic carbocycles. The lowest BCUT2D eigenvalue weighted by Gasteiger charge is -2.15. The smallest absolute Gasteiger partial charge is 0.123 e. The molecule has 1 nitrogen and oxygen atoms in total. The molecule has 2 aromatic carbocycles. The Balaban J connectivity index is 1.65. The van der Waals surface area contributed by atoms with Crippen LogP contribution in [-0.4, -0.2) is 6.54 Å². The van der Waals surface area contributed by atoms with Gasteiger partial charge in [0.1, 0.15) is 5.82 Å². The van der Waals surface area contributed by atoms with Crippen molar-refractivity contribution in [1.82, 2.24) is 0 Å². The van der Waals surface area contributed by atoms with E-state index < -0.39 is 0 Å². The van der Waals surface area contributed by atoms with Gasteiger partial charge < -0.3 is 5.73 Å². The number of halogens is 1. The van der Waals surface area contributed by atoms with Crippen LogP contribution in [0, 0.1) is 17.7 Å². The van der Waals surface area contributed by atoms with Gasteiger partial charge in [0.05, 0.1) is 0 Å². The standard InChI is InChI=1S/C18H20FN/c19-16-8-6-13(7-9-16)10-15(12-20)18-11-17(18)14-4-2-1-3-5-14/h1-9,15,17-18H,10-12,20H2. The fourth-order valence-electron chi connectivity index (χ4n) is 3.15. The van der Waals surface area contributed by atoms with Crippen LogP contribution in [-0.2, 0) is 6.42 Å². The molecule has 0 saturated heterocycles. The summed E-state index contributed by atoms with van der Waals surface area (Å²) in [5.41, 5.74) is 8.56. The van der Waals surface area contributed by atoms with Crippen molar-refractivity contribution in [2.75, 3.05) is 6.54 Å². The van der Waals surface area contributed by atoms with Crippen molar-refractivity contribution in [3.63, 3.8) is 0 Å².